The van der Waals surface area contributed by atoms with E-state index in [1.165, 1.54) is 22.7 Å². The van der Waals surface area contributed by atoms with Crippen LogP contribution in [-0.4, -0.2) is 26.5 Å². The van der Waals surface area contributed by atoms with Gasteiger partial charge in [0.25, 0.3) is 0 Å². The Labute approximate surface area is 141 Å². The Morgan fingerprint density at radius 2 is 1.96 bits per heavy atom. The summed E-state index contributed by atoms with van der Waals surface area (Å²) in [7, 11) is 0. The van der Waals surface area contributed by atoms with Gasteiger partial charge in [-0.2, -0.15) is 0 Å². The Hall–Kier alpha value is -2.63. The van der Waals surface area contributed by atoms with Crippen molar-refractivity contribution in [2.24, 2.45) is 0 Å². The summed E-state index contributed by atoms with van der Waals surface area (Å²) in [6, 6.07) is 8.01. The lowest BCUT2D eigenvalue weighted by molar-refractivity contribution is -0.123. The van der Waals surface area contributed by atoms with Gasteiger partial charge in [-0.1, -0.05) is 38.1 Å². The van der Waals surface area contributed by atoms with Crippen molar-refractivity contribution in [1.82, 2.24) is 14.9 Å². The number of hydrogen-bond donors (Lipinski definition) is 2. The zero-order chi connectivity index (χ0) is 17.9. The largest absolute Gasteiger partial charge is 0.477 e. The number of nitrogens with zero attached hydrogens (tertiary/aromatic N) is 2. The molecule has 0 saturated heterocycles. The van der Waals surface area contributed by atoms with E-state index in [2.05, 4.69) is 30.2 Å². The molecule has 0 radical (unpaired) electrons. The number of carboxylic acids is 1. The second-order valence-electron chi connectivity index (χ2n) is 6.63. The molecule has 1 heterocycles. The lowest BCUT2D eigenvalue weighted by atomic mass is 9.85. The van der Waals surface area contributed by atoms with Gasteiger partial charge in [0, 0.05) is 0 Å². The molecule has 128 valence electrons. The molecule has 24 heavy (non-hydrogen) atoms. The van der Waals surface area contributed by atoms with Gasteiger partial charge in [0.05, 0.1) is 18.1 Å². The van der Waals surface area contributed by atoms with Crippen LogP contribution in [0, 0.1) is 0 Å². The first-order valence-electron chi connectivity index (χ1n) is 7.86. The zero-order valence-corrected chi connectivity index (χ0v) is 14.4. The molecule has 0 aliphatic rings. The van der Waals surface area contributed by atoms with Crippen LogP contribution in [0.25, 0.3) is 0 Å². The molecule has 1 aromatic heterocycles. The van der Waals surface area contributed by atoms with Crippen LogP contribution in [0.2, 0.25) is 0 Å². The molecule has 0 unspecified atom stereocenters. The molecule has 0 aliphatic carbocycles. The van der Waals surface area contributed by atoms with Crippen molar-refractivity contribution in [3.05, 3.63) is 53.6 Å². The molecule has 2 aromatic rings. The lowest BCUT2D eigenvalue weighted by Crippen LogP contribution is -2.43. The number of carbonyl (C=O) groups excluding carboxylic acids is 1. The fourth-order valence-corrected chi connectivity index (χ4v) is 2.80. The van der Waals surface area contributed by atoms with Crippen molar-refractivity contribution in [2.45, 2.75) is 45.7 Å². The van der Waals surface area contributed by atoms with Gasteiger partial charge in [0.1, 0.15) is 12.2 Å². The average Bonchev–Trinajstić information content (AvgIpc) is 2.94. The standard InChI is InChI=1S/C18H23N3O3/c1-12(2)13-7-5-6-8-14(13)18(3,4)20-16(22)10-21-11-19-9-15(21)17(23)24/h5-9,11-12H,10H2,1-4H3,(H,20,22)(H,23,24). The first-order valence-corrected chi connectivity index (χ1v) is 7.86. The number of aromatic carboxylic acids is 1. The van der Waals surface area contributed by atoms with Crippen LogP contribution in [0.3, 0.4) is 0 Å². The first kappa shape index (κ1) is 17.7. The van der Waals surface area contributed by atoms with E-state index >= 15 is 0 Å². The van der Waals surface area contributed by atoms with Crippen LogP contribution in [0.4, 0.5) is 0 Å². The molecule has 0 atom stereocenters. The number of rotatable bonds is 6. The second-order valence-corrected chi connectivity index (χ2v) is 6.63. The Kier molecular flexibility index (Phi) is 5.07. The van der Waals surface area contributed by atoms with E-state index in [-0.39, 0.29) is 18.1 Å². The van der Waals surface area contributed by atoms with Gasteiger partial charge in [0.15, 0.2) is 0 Å². The molecule has 1 amide bonds. The lowest BCUT2D eigenvalue weighted by Gasteiger charge is -2.30. The van der Waals surface area contributed by atoms with Gasteiger partial charge in [0.2, 0.25) is 5.91 Å². The predicted octanol–water partition coefficient (Wildman–Crippen LogP) is 2.76. The number of imidazole rings is 1. The molecule has 1 aromatic carbocycles. The fourth-order valence-electron chi connectivity index (χ4n) is 2.80. The summed E-state index contributed by atoms with van der Waals surface area (Å²) in [5.74, 6) is -1.03. The number of hydrogen-bond acceptors (Lipinski definition) is 3. The topological polar surface area (TPSA) is 84.2 Å². The average molecular weight is 329 g/mol. The summed E-state index contributed by atoms with van der Waals surface area (Å²) in [5, 5.41) is 12.1. The van der Waals surface area contributed by atoms with Crippen LogP contribution >= 0.6 is 0 Å². The molecule has 0 bridgehead atoms. The number of nitrogens with one attached hydrogen (secondary N) is 1. The smallest absolute Gasteiger partial charge is 0.354 e. The maximum absolute atomic E-state index is 12.4. The van der Waals surface area contributed by atoms with Gasteiger partial charge in [-0.25, -0.2) is 9.78 Å². The quantitative estimate of drug-likeness (QED) is 0.853. The molecule has 0 saturated carbocycles. The van der Waals surface area contributed by atoms with E-state index in [1.54, 1.807) is 0 Å². The van der Waals surface area contributed by atoms with Crippen molar-refractivity contribution >= 4 is 11.9 Å². The molecule has 0 fully saturated rings. The van der Waals surface area contributed by atoms with Crippen LogP contribution < -0.4 is 5.32 Å². The molecular weight excluding hydrogens is 306 g/mol. The minimum Gasteiger partial charge on any atom is -0.477 e. The molecule has 6 nitrogen and oxygen atoms in total. The van der Waals surface area contributed by atoms with Crippen molar-refractivity contribution in [1.29, 1.82) is 0 Å². The Morgan fingerprint density at radius 3 is 2.58 bits per heavy atom. The SMILES string of the molecule is CC(C)c1ccccc1C(C)(C)NC(=O)Cn1cncc1C(=O)O. The number of benzene rings is 1. The molecule has 0 spiro atoms. The zero-order valence-electron chi connectivity index (χ0n) is 14.4. The highest BCUT2D eigenvalue weighted by atomic mass is 16.4. The summed E-state index contributed by atoms with van der Waals surface area (Å²) in [5.41, 5.74) is 1.65. The van der Waals surface area contributed by atoms with E-state index in [1.807, 2.05) is 32.0 Å². The van der Waals surface area contributed by atoms with E-state index in [9.17, 15) is 9.59 Å². The molecule has 0 aliphatic heterocycles. The third kappa shape index (κ3) is 3.82. The van der Waals surface area contributed by atoms with E-state index in [0.29, 0.717) is 5.92 Å². The van der Waals surface area contributed by atoms with Gasteiger partial charge < -0.3 is 15.0 Å². The van der Waals surface area contributed by atoms with Crippen LogP contribution in [-0.2, 0) is 16.9 Å². The second kappa shape index (κ2) is 6.86. The highest BCUT2D eigenvalue weighted by molar-refractivity contribution is 5.86. The summed E-state index contributed by atoms with van der Waals surface area (Å²) < 4.78 is 1.32. The van der Waals surface area contributed by atoms with E-state index in [4.69, 9.17) is 5.11 Å². The van der Waals surface area contributed by atoms with E-state index < -0.39 is 11.5 Å². The number of amides is 1. The van der Waals surface area contributed by atoms with Crippen LogP contribution in [0.15, 0.2) is 36.8 Å². The van der Waals surface area contributed by atoms with Crippen LogP contribution in [0.5, 0.6) is 0 Å². The van der Waals surface area contributed by atoms with Crippen molar-refractivity contribution < 1.29 is 14.7 Å². The highest BCUT2D eigenvalue weighted by Gasteiger charge is 2.26. The molecule has 6 heteroatoms. The van der Waals surface area contributed by atoms with Crippen molar-refractivity contribution in [3.8, 4) is 0 Å². The van der Waals surface area contributed by atoms with E-state index in [0.717, 1.165) is 5.56 Å². The minimum atomic E-state index is -1.11. The summed E-state index contributed by atoms with van der Waals surface area (Å²) in [6.45, 7) is 8.02. The number of aromatic nitrogens is 2. The van der Waals surface area contributed by atoms with Crippen LogP contribution in [0.1, 0.15) is 55.2 Å². The fraction of sp³-hybridized carbons (Fsp3) is 0.389. The van der Waals surface area contributed by atoms with Gasteiger partial charge in [-0.3, -0.25) is 4.79 Å². The summed E-state index contributed by atoms with van der Waals surface area (Å²) >= 11 is 0. The Balaban J connectivity index is 2.18. The highest BCUT2D eigenvalue weighted by Crippen LogP contribution is 2.28. The summed E-state index contributed by atoms with van der Waals surface area (Å²) in [4.78, 5) is 27.3. The normalized spacial score (nSPS) is 11.5. The van der Waals surface area contributed by atoms with Crippen molar-refractivity contribution in [2.75, 3.05) is 0 Å². The maximum atomic E-state index is 12.4. The Morgan fingerprint density at radius 1 is 1.29 bits per heavy atom. The molecule has 2 rings (SSSR count). The Bertz CT molecular complexity index is 747. The van der Waals surface area contributed by atoms with Gasteiger partial charge >= 0.3 is 5.97 Å². The number of carboxylic acid groups (broad SMARTS) is 1. The summed E-state index contributed by atoms with van der Waals surface area (Å²) in [6.07, 6.45) is 2.58. The maximum Gasteiger partial charge on any atom is 0.354 e. The van der Waals surface area contributed by atoms with Gasteiger partial charge in [-0.15, -0.1) is 0 Å². The van der Waals surface area contributed by atoms with Gasteiger partial charge in [-0.05, 0) is 30.9 Å². The monoisotopic (exact) mass is 329 g/mol. The third-order valence-corrected chi connectivity index (χ3v) is 3.95. The third-order valence-electron chi connectivity index (χ3n) is 3.95. The first-order chi connectivity index (χ1) is 11.2. The molecule has 2 N–H and O–H groups in total. The number of carbonyl (C=O) groups is 2. The molecular formula is C18H23N3O3. The predicted molar refractivity (Wildman–Crippen MR) is 90.9 cm³/mol. The minimum absolute atomic E-state index is 0.00876. The van der Waals surface area contributed by atoms with Crippen molar-refractivity contribution in [3.63, 3.8) is 0 Å².